The zero-order valence-corrected chi connectivity index (χ0v) is 24.5. The average molecular weight is 543 g/mol. The van der Waals surface area contributed by atoms with E-state index in [-0.39, 0.29) is 17.4 Å². The highest BCUT2D eigenvalue weighted by molar-refractivity contribution is 6.08. The van der Waals surface area contributed by atoms with E-state index in [4.69, 9.17) is 18.5 Å². The van der Waals surface area contributed by atoms with Crippen molar-refractivity contribution in [2.75, 3.05) is 0 Å². The van der Waals surface area contributed by atoms with Crippen molar-refractivity contribution in [2.24, 2.45) is 11.8 Å². The van der Waals surface area contributed by atoms with Crippen molar-refractivity contribution in [3.63, 3.8) is 0 Å². The number of para-hydroxylation sites is 1. The van der Waals surface area contributed by atoms with Crippen molar-refractivity contribution in [2.45, 2.75) is 54.3 Å². The minimum absolute atomic E-state index is 0.104. The van der Waals surface area contributed by atoms with Crippen molar-refractivity contribution in [3.8, 4) is 33.6 Å². The van der Waals surface area contributed by atoms with Gasteiger partial charge < -0.3 is 4.42 Å². The molecule has 3 aromatic heterocycles. The molecule has 3 heteroatoms. The summed E-state index contributed by atoms with van der Waals surface area (Å²) in [7, 11) is 0. The van der Waals surface area contributed by atoms with Gasteiger partial charge in [-0.2, -0.15) is 0 Å². The maximum Gasteiger partial charge on any atom is 0.227 e. The zero-order chi connectivity index (χ0) is 32.3. The van der Waals surface area contributed by atoms with Crippen LogP contribution in [0.15, 0.2) is 89.5 Å². The van der Waals surface area contributed by atoms with Gasteiger partial charge in [0.15, 0.2) is 0 Å². The number of hydrogen-bond donors (Lipinski definition) is 0. The first-order valence-electron chi connectivity index (χ1n) is 16.3. The number of furan rings is 1. The van der Waals surface area contributed by atoms with E-state index in [1.54, 1.807) is 12.3 Å². The van der Waals surface area contributed by atoms with Crippen LogP contribution in [0.4, 0.5) is 0 Å². The molecule has 0 spiro atoms. The van der Waals surface area contributed by atoms with Crippen molar-refractivity contribution in [1.29, 1.82) is 0 Å². The fourth-order valence-corrected chi connectivity index (χ4v) is 6.31. The summed E-state index contributed by atoms with van der Waals surface area (Å²) in [6, 6.07) is 26.3. The van der Waals surface area contributed by atoms with Crippen LogP contribution < -0.4 is 0 Å². The van der Waals surface area contributed by atoms with Crippen molar-refractivity contribution >= 4 is 22.1 Å². The Balaban J connectivity index is 1.48. The summed E-state index contributed by atoms with van der Waals surface area (Å²) in [6.07, 6.45) is 1.59. The van der Waals surface area contributed by atoms with E-state index in [1.807, 2.05) is 76.2 Å². The molecule has 0 unspecified atom stereocenters. The Morgan fingerprint density at radius 1 is 0.732 bits per heavy atom. The number of nitrogens with zero attached hydrogens (tertiary/aromatic N) is 2. The minimum Gasteiger partial charge on any atom is -0.437 e. The monoisotopic (exact) mass is 542 g/mol. The molecule has 0 aliphatic carbocycles. The Labute approximate surface area is 248 Å². The van der Waals surface area contributed by atoms with E-state index in [9.17, 15) is 1.37 Å². The SMILES string of the molecule is [2H]C([2H])([2H])c1cc(-c2cccc3c2oc2nc(-c4c(C)cc(-c5ccccc5)cc4C)ccc23)ncc1C([2H])(C(C)C)C(C)C. The van der Waals surface area contributed by atoms with Crippen molar-refractivity contribution in [1.82, 2.24) is 9.97 Å². The Kier molecular flexibility index (Phi) is 5.82. The van der Waals surface area contributed by atoms with E-state index in [1.165, 1.54) is 11.1 Å². The Bertz CT molecular complexity index is 2010. The molecule has 3 aromatic carbocycles. The molecule has 3 heterocycles. The zero-order valence-electron chi connectivity index (χ0n) is 28.5. The minimum atomic E-state index is -2.41. The first-order chi connectivity index (χ1) is 21.3. The van der Waals surface area contributed by atoms with Crippen LogP contribution in [-0.4, -0.2) is 9.97 Å². The Hall–Kier alpha value is -4.24. The summed E-state index contributed by atoms with van der Waals surface area (Å²) < 4.78 is 40.9. The van der Waals surface area contributed by atoms with Crippen LogP contribution in [0.2, 0.25) is 0 Å². The van der Waals surface area contributed by atoms with E-state index < -0.39 is 12.7 Å². The molecule has 0 saturated carbocycles. The fourth-order valence-electron chi connectivity index (χ4n) is 6.31. The van der Waals surface area contributed by atoms with Crippen molar-refractivity contribution in [3.05, 3.63) is 107 Å². The molecule has 0 aliphatic heterocycles. The third kappa shape index (κ3) is 4.84. The molecule has 3 nitrogen and oxygen atoms in total. The number of aromatic nitrogens is 2. The quantitative estimate of drug-likeness (QED) is 0.210. The van der Waals surface area contributed by atoms with Crippen LogP contribution in [0.25, 0.3) is 55.7 Å². The van der Waals surface area contributed by atoms with Gasteiger partial charge in [0.25, 0.3) is 0 Å². The molecule has 0 radical (unpaired) electrons. The molecule has 0 atom stereocenters. The number of fused-ring (bicyclic) bond motifs is 3. The summed E-state index contributed by atoms with van der Waals surface area (Å²) in [6.45, 7) is 9.65. The maximum absolute atomic E-state index is 9.33. The molecule has 0 aliphatic rings. The van der Waals surface area contributed by atoms with Crippen LogP contribution >= 0.6 is 0 Å². The average Bonchev–Trinajstić information content (AvgIpc) is 3.38. The van der Waals surface area contributed by atoms with Gasteiger partial charge in [-0.3, -0.25) is 4.98 Å². The van der Waals surface area contributed by atoms with Gasteiger partial charge >= 0.3 is 0 Å². The number of aryl methyl sites for hydroxylation is 3. The second-order valence-electron chi connectivity index (χ2n) is 11.6. The lowest BCUT2D eigenvalue weighted by atomic mass is 9.79. The first kappa shape index (κ1) is 22.4. The van der Waals surface area contributed by atoms with E-state index in [2.05, 4.69) is 38.1 Å². The van der Waals surface area contributed by atoms with Gasteiger partial charge in [-0.1, -0.05) is 82.3 Å². The standard InChI is InChI=1S/C38H38N2O/c1-22(2)35(23(3)4)32-21-39-34(20-24(32)5)31-15-11-14-29-30-16-17-33(40-38(30)41-37(29)31)36-25(6)18-28(19-26(36)7)27-12-9-8-10-13-27/h8-23,35H,1-7H3/i5D3,35D. The summed E-state index contributed by atoms with van der Waals surface area (Å²) in [5.74, 6) is -1.31. The van der Waals surface area contributed by atoms with Gasteiger partial charge in [-0.15, -0.1) is 0 Å². The molecule has 6 aromatic rings. The van der Waals surface area contributed by atoms with Gasteiger partial charge in [-0.25, -0.2) is 4.98 Å². The third-order valence-corrected chi connectivity index (χ3v) is 8.00. The smallest absolute Gasteiger partial charge is 0.227 e. The normalized spacial score (nSPS) is 14.0. The number of rotatable bonds is 6. The predicted molar refractivity (Wildman–Crippen MR) is 172 cm³/mol. The summed E-state index contributed by atoms with van der Waals surface area (Å²) >= 11 is 0. The third-order valence-electron chi connectivity index (χ3n) is 8.00. The summed E-state index contributed by atoms with van der Waals surface area (Å²) in [5, 5.41) is 1.76. The molecular weight excluding hydrogens is 500 g/mol. The summed E-state index contributed by atoms with van der Waals surface area (Å²) in [5.41, 5.74) is 9.42. The van der Waals surface area contributed by atoms with Gasteiger partial charge in [0.05, 0.1) is 11.4 Å². The maximum atomic E-state index is 9.33. The van der Waals surface area contributed by atoms with Gasteiger partial charge in [0.2, 0.25) is 5.71 Å². The second kappa shape index (κ2) is 10.6. The van der Waals surface area contributed by atoms with E-state index in [0.29, 0.717) is 28.1 Å². The highest BCUT2D eigenvalue weighted by Gasteiger charge is 2.23. The molecular formula is C38H38N2O. The van der Waals surface area contributed by atoms with E-state index >= 15 is 0 Å². The molecule has 0 saturated heterocycles. The molecule has 0 fully saturated rings. The number of benzene rings is 3. The first-order valence-corrected chi connectivity index (χ1v) is 14.3. The summed E-state index contributed by atoms with van der Waals surface area (Å²) in [4.78, 5) is 9.73. The largest absolute Gasteiger partial charge is 0.437 e. The lowest BCUT2D eigenvalue weighted by Crippen LogP contribution is -2.15. The molecule has 0 N–H and O–H groups in total. The van der Waals surface area contributed by atoms with E-state index in [0.717, 1.165) is 33.2 Å². The van der Waals surface area contributed by atoms with Crippen molar-refractivity contribution < 1.29 is 9.90 Å². The van der Waals surface area contributed by atoms with Crippen LogP contribution in [-0.2, 0) is 0 Å². The molecule has 0 bridgehead atoms. The van der Waals surface area contributed by atoms with Gasteiger partial charge in [0, 0.05) is 33.6 Å². The van der Waals surface area contributed by atoms with Crippen LogP contribution in [0.1, 0.15) is 61.3 Å². The molecule has 41 heavy (non-hydrogen) atoms. The van der Waals surface area contributed by atoms with Crippen LogP contribution in [0, 0.1) is 32.5 Å². The lowest BCUT2D eigenvalue weighted by molar-refractivity contribution is 0.385. The molecule has 6 rings (SSSR count). The van der Waals surface area contributed by atoms with Crippen LogP contribution in [0.3, 0.4) is 0 Å². The van der Waals surface area contributed by atoms with Gasteiger partial charge in [0.1, 0.15) is 5.58 Å². The van der Waals surface area contributed by atoms with Crippen LogP contribution in [0.5, 0.6) is 0 Å². The molecule has 206 valence electrons. The number of pyridine rings is 2. The highest BCUT2D eigenvalue weighted by atomic mass is 16.3. The fraction of sp³-hybridized carbons (Fsp3) is 0.263. The van der Waals surface area contributed by atoms with Gasteiger partial charge in [-0.05, 0) is 96.1 Å². The Morgan fingerprint density at radius 3 is 2.15 bits per heavy atom. The topological polar surface area (TPSA) is 38.9 Å². The predicted octanol–water partition coefficient (Wildman–Crippen LogP) is 10.7. The molecule has 0 amide bonds. The highest BCUT2D eigenvalue weighted by Crippen LogP contribution is 2.39. The second-order valence-corrected chi connectivity index (χ2v) is 11.6. The Morgan fingerprint density at radius 2 is 1.46 bits per heavy atom. The lowest BCUT2D eigenvalue weighted by Gasteiger charge is -2.26. The number of hydrogen-bond acceptors (Lipinski definition) is 3.